The van der Waals surface area contributed by atoms with Crippen molar-refractivity contribution < 1.29 is 4.74 Å². The highest BCUT2D eigenvalue weighted by molar-refractivity contribution is 7.80. The van der Waals surface area contributed by atoms with Gasteiger partial charge in [0.25, 0.3) is 0 Å². The Balaban J connectivity index is 3.02. The third kappa shape index (κ3) is 1.87. The first-order valence-corrected chi connectivity index (χ1v) is 3.94. The van der Waals surface area contributed by atoms with Crippen molar-refractivity contribution in [2.75, 3.05) is 7.11 Å². The van der Waals surface area contributed by atoms with Crippen LogP contribution in [0.2, 0.25) is 0 Å². The van der Waals surface area contributed by atoms with Gasteiger partial charge in [-0.05, 0) is 13.0 Å². The molecule has 0 aliphatic carbocycles. The maximum atomic E-state index is 5.05. The van der Waals surface area contributed by atoms with Crippen LogP contribution >= 0.6 is 12.6 Å². The van der Waals surface area contributed by atoms with Gasteiger partial charge < -0.3 is 4.74 Å². The first-order valence-electron chi connectivity index (χ1n) is 3.42. The molecule has 1 atom stereocenters. The highest BCUT2D eigenvalue weighted by Crippen LogP contribution is 2.25. The van der Waals surface area contributed by atoms with Gasteiger partial charge in [-0.15, -0.1) is 0 Å². The van der Waals surface area contributed by atoms with Gasteiger partial charge in [-0.1, -0.05) is 6.07 Å². The van der Waals surface area contributed by atoms with Crippen molar-refractivity contribution >= 4 is 12.6 Å². The van der Waals surface area contributed by atoms with Gasteiger partial charge in [-0.25, -0.2) is 4.98 Å². The quantitative estimate of drug-likeness (QED) is 0.685. The smallest absolute Gasteiger partial charge is 0.217 e. The van der Waals surface area contributed by atoms with Crippen molar-refractivity contribution in [2.24, 2.45) is 0 Å². The molecule has 0 aromatic carbocycles. The molecule has 0 saturated carbocycles. The second-order valence-electron chi connectivity index (χ2n) is 2.28. The summed E-state index contributed by atoms with van der Waals surface area (Å²) >= 11 is 4.29. The molecule has 0 aliphatic rings. The summed E-state index contributed by atoms with van der Waals surface area (Å²) in [6.07, 6.45) is 1.71. The summed E-state index contributed by atoms with van der Waals surface area (Å²) in [6.45, 7) is 1.99. The summed E-state index contributed by atoms with van der Waals surface area (Å²) < 4.78 is 5.05. The summed E-state index contributed by atoms with van der Waals surface area (Å²) in [5.74, 6) is 0.662. The number of ether oxygens (including phenoxy) is 1. The number of hydrogen-bond acceptors (Lipinski definition) is 3. The molecule has 0 saturated heterocycles. The van der Waals surface area contributed by atoms with E-state index < -0.39 is 0 Å². The van der Waals surface area contributed by atoms with Crippen LogP contribution < -0.4 is 4.74 Å². The zero-order chi connectivity index (χ0) is 8.27. The van der Waals surface area contributed by atoms with E-state index in [9.17, 15) is 0 Å². The summed E-state index contributed by atoms with van der Waals surface area (Å²) in [7, 11) is 1.61. The molecule has 0 N–H and O–H groups in total. The molecule has 0 fully saturated rings. The van der Waals surface area contributed by atoms with Crippen molar-refractivity contribution in [1.82, 2.24) is 4.98 Å². The van der Waals surface area contributed by atoms with E-state index in [1.54, 1.807) is 13.3 Å². The van der Waals surface area contributed by atoms with Crippen molar-refractivity contribution in [3.8, 4) is 5.88 Å². The van der Waals surface area contributed by atoms with Crippen LogP contribution in [0, 0.1) is 0 Å². The van der Waals surface area contributed by atoms with Gasteiger partial charge in [0.2, 0.25) is 5.88 Å². The molecule has 1 aromatic rings. The molecule has 1 unspecified atom stereocenters. The Labute approximate surface area is 72.0 Å². The van der Waals surface area contributed by atoms with E-state index >= 15 is 0 Å². The maximum absolute atomic E-state index is 5.05. The minimum Gasteiger partial charge on any atom is -0.481 e. The van der Waals surface area contributed by atoms with E-state index in [1.807, 2.05) is 19.1 Å². The van der Waals surface area contributed by atoms with Crippen molar-refractivity contribution in [2.45, 2.75) is 12.2 Å². The Morgan fingerprint density at radius 3 is 2.82 bits per heavy atom. The fraction of sp³-hybridized carbons (Fsp3) is 0.375. The average molecular weight is 169 g/mol. The molecular formula is C8H11NOS. The first kappa shape index (κ1) is 8.40. The minimum absolute atomic E-state index is 0.165. The van der Waals surface area contributed by atoms with Gasteiger partial charge in [0.1, 0.15) is 0 Å². The van der Waals surface area contributed by atoms with Crippen LogP contribution in [0.15, 0.2) is 18.3 Å². The van der Waals surface area contributed by atoms with Gasteiger partial charge in [-0.2, -0.15) is 12.6 Å². The molecule has 11 heavy (non-hydrogen) atoms. The Bertz CT molecular complexity index is 237. The van der Waals surface area contributed by atoms with E-state index in [1.165, 1.54) is 0 Å². The summed E-state index contributed by atoms with van der Waals surface area (Å²) in [5, 5.41) is 0.165. The molecule has 0 aliphatic heterocycles. The number of thiol groups is 1. The van der Waals surface area contributed by atoms with Crippen LogP contribution in [-0.4, -0.2) is 12.1 Å². The summed E-state index contributed by atoms with van der Waals surface area (Å²) in [4.78, 5) is 4.05. The van der Waals surface area contributed by atoms with E-state index in [4.69, 9.17) is 4.74 Å². The zero-order valence-corrected chi connectivity index (χ0v) is 7.51. The predicted molar refractivity (Wildman–Crippen MR) is 48.2 cm³/mol. The van der Waals surface area contributed by atoms with Crippen LogP contribution in [0.4, 0.5) is 0 Å². The third-order valence-corrected chi connectivity index (χ3v) is 1.72. The minimum atomic E-state index is 0.165. The lowest BCUT2D eigenvalue weighted by Crippen LogP contribution is -1.94. The second-order valence-corrected chi connectivity index (χ2v) is 3.05. The van der Waals surface area contributed by atoms with E-state index in [0.29, 0.717) is 5.88 Å². The normalized spacial score (nSPS) is 12.6. The molecular weight excluding hydrogens is 158 g/mol. The molecule has 0 spiro atoms. The van der Waals surface area contributed by atoms with Gasteiger partial charge in [0.05, 0.1) is 7.11 Å². The highest BCUT2D eigenvalue weighted by atomic mass is 32.1. The molecule has 0 radical (unpaired) electrons. The maximum Gasteiger partial charge on any atom is 0.217 e. The lowest BCUT2D eigenvalue weighted by molar-refractivity contribution is 0.393. The average Bonchev–Trinajstić information content (AvgIpc) is 2.04. The number of pyridine rings is 1. The van der Waals surface area contributed by atoms with E-state index in [2.05, 4.69) is 17.6 Å². The number of hydrogen-bond donors (Lipinski definition) is 1. The standard InChI is InChI=1S/C8H11NOS/c1-6(11)7-4-3-5-9-8(7)10-2/h3-6,11H,1-2H3. The van der Waals surface area contributed by atoms with Crippen LogP contribution in [0.1, 0.15) is 17.7 Å². The predicted octanol–water partition coefficient (Wildman–Crippen LogP) is 2.08. The second kappa shape index (κ2) is 3.62. The van der Waals surface area contributed by atoms with Crippen molar-refractivity contribution in [1.29, 1.82) is 0 Å². The first-order chi connectivity index (χ1) is 5.25. The molecule has 1 rings (SSSR count). The topological polar surface area (TPSA) is 22.1 Å². The molecule has 3 heteroatoms. The molecule has 0 bridgehead atoms. The van der Waals surface area contributed by atoms with E-state index in [-0.39, 0.29) is 5.25 Å². The number of nitrogens with zero attached hydrogens (tertiary/aromatic N) is 1. The van der Waals surface area contributed by atoms with Gasteiger partial charge in [0.15, 0.2) is 0 Å². The van der Waals surface area contributed by atoms with Gasteiger partial charge >= 0.3 is 0 Å². The molecule has 0 amide bonds. The molecule has 1 aromatic heterocycles. The number of rotatable bonds is 2. The number of aromatic nitrogens is 1. The Kier molecular flexibility index (Phi) is 2.76. The fourth-order valence-electron chi connectivity index (χ4n) is 0.892. The highest BCUT2D eigenvalue weighted by Gasteiger charge is 2.06. The van der Waals surface area contributed by atoms with Crippen LogP contribution in [0.25, 0.3) is 0 Å². The van der Waals surface area contributed by atoms with Crippen LogP contribution in [0.5, 0.6) is 5.88 Å². The molecule has 2 nitrogen and oxygen atoms in total. The van der Waals surface area contributed by atoms with Gasteiger partial charge in [-0.3, -0.25) is 0 Å². The summed E-state index contributed by atoms with van der Waals surface area (Å²) in [6, 6.07) is 3.84. The SMILES string of the molecule is COc1ncccc1C(C)S. The van der Waals surface area contributed by atoms with Crippen LogP contribution in [-0.2, 0) is 0 Å². The lowest BCUT2D eigenvalue weighted by Gasteiger charge is -2.07. The number of methoxy groups -OCH3 is 1. The van der Waals surface area contributed by atoms with Crippen molar-refractivity contribution in [3.05, 3.63) is 23.9 Å². The Morgan fingerprint density at radius 1 is 1.64 bits per heavy atom. The lowest BCUT2D eigenvalue weighted by atomic mass is 10.2. The monoisotopic (exact) mass is 169 g/mol. The van der Waals surface area contributed by atoms with Crippen LogP contribution in [0.3, 0.4) is 0 Å². The molecule has 60 valence electrons. The third-order valence-electron chi connectivity index (χ3n) is 1.44. The van der Waals surface area contributed by atoms with E-state index in [0.717, 1.165) is 5.56 Å². The molecule has 1 heterocycles. The fourth-order valence-corrected chi connectivity index (χ4v) is 1.09. The largest absolute Gasteiger partial charge is 0.481 e. The Hall–Kier alpha value is -0.700. The zero-order valence-electron chi connectivity index (χ0n) is 6.61. The Morgan fingerprint density at radius 2 is 2.36 bits per heavy atom. The summed E-state index contributed by atoms with van der Waals surface area (Å²) in [5.41, 5.74) is 1.03. The van der Waals surface area contributed by atoms with Crippen molar-refractivity contribution in [3.63, 3.8) is 0 Å². The van der Waals surface area contributed by atoms with Gasteiger partial charge in [0, 0.05) is 17.0 Å².